The lowest BCUT2D eigenvalue weighted by molar-refractivity contribution is -0.143. The van der Waals surface area contributed by atoms with E-state index in [2.05, 4.69) is 31.9 Å². The summed E-state index contributed by atoms with van der Waals surface area (Å²) in [6.07, 6.45) is 0.849. The smallest absolute Gasteiger partial charge is 0.333 e. The number of carbonyl (C=O) groups is 1. The van der Waals surface area contributed by atoms with Gasteiger partial charge in [-0.3, -0.25) is 0 Å². The zero-order valence-corrected chi connectivity index (χ0v) is 9.16. The second-order valence-electron chi connectivity index (χ2n) is 2.02. The summed E-state index contributed by atoms with van der Waals surface area (Å²) in [5, 5.41) is 0. The lowest BCUT2D eigenvalue weighted by Gasteiger charge is -2.11. The number of rotatable bonds is 3. The van der Waals surface area contributed by atoms with Crippen LogP contribution in [0.4, 0.5) is 0 Å². The number of hydrogen-bond acceptors (Lipinski definition) is 2. The van der Waals surface area contributed by atoms with Crippen LogP contribution in [0.5, 0.6) is 0 Å². The summed E-state index contributed by atoms with van der Waals surface area (Å²) in [5.74, 6) is -0.283. The molecule has 0 atom stereocenters. The molecule has 0 N–H and O–H groups in total. The number of ether oxygens (including phenoxy) is 1. The van der Waals surface area contributed by atoms with Crippen LogP contribution in [0.25, 0.3) is 0 Å². The molecular weight excluding hydrogens is 264 g/mol. The maximum absolute atomic E-state index is 10.9. The van der Waals surface area contributed by atoms with Crippen molar-refractivity contribution in [2.45, 2.75) is 23.5 Å². The Hall–Kier alpha value is 0.430. The normalized spacial score (nSPS) is 11.2. The SMILES string of the molecule is CCCOC(=O)C(C)(Br)Br. The lowest BCUT2D eigenvalue weighted by atomic mass is 10.5. The Balaban J connectivity index is 3.64. The summed E-state index contributed by atoms with van der Waals surface area (Å²) in [4.78, 5) is 10.9. The van der Waals surface area contributed by atoms with Gasteiger partial charge in [-0.15, -0.1) is 0 Å². The van der Waals surface area contributed by atoms with Gasteiger partial charge in [-0.25, -0.2) is 4.79 Å². The van der Waals surface area contributed by atoms with Crippen molar-refractivity contribution in [1.82, 2.24) is 0 Å². The van der Waals surface area contributed by atoms with Crippen LogP contribution in [0.3, 0.4) is 0 Å². The summed E-state index contributed by atoms with van der Waals surface area (Å²) in [5.41, 5.74) is 0. The van der Waals surface area contributed by atoms with Gasteiger partial charge < -0.3 is 4.74 Å². The highest BCUT2D eigenvalue weighted by Gasteiger charge is 2.27. The highest BCUT2D eigenvalue weighted by atomic mass is 79.9. The first kappa shape index (κ1) is 10.4. The van der Waals surface area contributed by atoms with Crippen LogP contribution in [-0.2, 0) is 9.53 Å². The van der Waals surface area contributed by atoms with E-state index < -0.39 is 3.23 Å². The van der Waals surface area contributed by atoms with Crippen molar-refractivity contribution in [3.63, 3.8) is 0 Å². The van der Waals surface area contributed by atoms with E-state index in [0.717, 1.165) is 6.42 Å². The third-order valence-electron chi connectivity index (χ3n) is 0.796. The quantitative estimate of drug-likeness (QED) is 0.583. The second kappa shape index (κ2) is 4.34. The monoisotopic (exact) mass is 272 g/mol. The summed E-state index contributed by atoms with van der Waals surface area (Å²) in [6, 6.07) is 0. The van der Waals surface area contributed by atoms with E-state index in [0.29, 0.717) is 6.61 Å². The molecule has 2 nitrogen and oxygen atoms in total. The molecule has 0 aliphatic carbocycles. The molecule has 0 heterocycles. The van der Waals surface area contributed by atoms with Gasteiger partial charge in [-0.1, -0.05) is 38.8 Å². The predicted octanol–water partition coefficient (Wildman–Crippen LogP) is 2.45. The van der Waals surface area contributed by atoms with E-state index in [1.807, 2.05) is 6.92 Å². The Bertz CT molecular complexity index is 117. The van der Waals surface area contributed by atoms with Crippen LogP contribution in [0.15, 0.2) is 0 Å². The minimum absolute atomic E-state index is 0.283. The molecule has 60 valence electrons. The molecule has 0 aromatic rings. The number of esters is 1. The third kappa shape index (κ3) is 4.28. The molecule has 0 aromatic heterocycles. The van der Waals surface area contributed by atoms with Crippen LogP contribution in [0.2, 0.25) is 0 Å². The minimum Gasteiger partial charge on any atom is -0.464 e. The molecule has 0 unspecified atom stereocenters. The summed E-state index contributed by atoms with van der Waals surface area (Å²) < 4.78 is 4.10. The summed E-state index contributed by atoms with van der Waals surface area (Å²) >= 11 is 6.23. The number of alkyl halides is 2. The van der Waals surface area contributed by atoms with Gasteiger partial charge in [-0.05, 0) is 13.3 Å². The Kier molecular flexibility index (Phi) is 4.52. The number of halogens is 2. The van der Waals surface area contributed by atoms with Crippen molar-refractivity contribution < 1.29 is 9.53 Å². The molecule has 0 aliphatic rings. The molecule has 0 aliphatic heterocycles. The molecule has 0 aromatic carbocycles. The molecule has 0 saturated carbocycles. The fraction of sp³-hybridized carbons (Fsp3) is 0.833. The molecule has 0 bridgehead atoms. The van der Waals surface area contributed by atoms with Gasteiger partial charge in [0.15, 0.2) is 3.23 Å². The summed E-state index contributed by atoms with van der Waals surface area (Å²) in [6.45, 7) is 4.11. The van der Waals surface area contributed by atoms with Crippen molar-refractivity contribution in [3.8, 4) is 0 Å². The lowest BCUT2D eigenvalue weighted by Crippen LogP contribution is -2.23. The van der Waals surface area contributed by atoms with E-state index in [4.69, 9.17) is 4.74 Å². The molecule has 0 amide bonds. The van der Waals surface area contributed by atoms with Crippen LogP contribution in [0, 0.1) is 0 Å². The molecule has 10 heavy (non-hydrogen) atoms. The maximum atomic E-state index is 10.9. The fourth-order valence-electron chi connectivity index (χ4n) is 0.321. The van der Waals surface area contributed by atoms with Crippen molar-refractivity contribution in [1.29, 1.82) is 0 Å². The topological polar surface area (TPSA) is 26.3 Å². The van der Waals surface area contributed by atoms with Crippen LogP contribution in [-0.4, -0.2) is 15.8 Å². The van der Waals surface area contributed by atoms with Gasteiger partial charge in [-0.2, -0.15) is 0 Å². The van der Waals surface area contributed by atoms with Crippen LogP contribution >= 0.6 is 31.9 Å². The Morgan fingerprint density at radius 1 is 1.60 bits per heavy atom. The first-order valence-corrected chi connectivity index (χ1v) is 4.62. The Morgan fingerprint density at radius 2 is 2.10 bits per heavy atom. The average molecular weight is 274 g/mol. The zero-order valence-electron chi connectivity index (χ0n) is 5.99. The van der Waals surface area contributed by atoms with Crippen molar-refractivity contribution in [2.24, 2.45) is 0 Å². The number of hydrogen-bond donors (Lipinski definition) is 0. The highest BCUT2D eigenvalue weighted by molar-refractivity contribution is 9.25. The van der Waals surface area contributed by atoms with E-state index in [9.17, 15) is 4.79 Å². The van der Waals surface area contributed by atoms with Crippen molar-refractivity contribution in [3.05, 3.63) is 0 Å². The van der Waals surface area contributed by atoms with Gasteiger partial charge in [0.05, 0.1) is 6.61 Å². The predicted molar refractivity (Wildman–Crippen MR) is 47.5 cm³/mol. The molecule has 4 heteroatoms. The molecule has 0 spiro atoms. The second-order valence-corrected chi connectivity index (χ2v) is 6.26. The Labute approximate surface area is 77.6 Å². The van der Waals surface area contributed by atoms with E-state index in [1.165, 1.54) is 0 Å². The van der Waals surface area contributed by atoms with E-state index >= 15 is 0 Å². The van der Waals surface area contributed by atoms with Gasteiger partial charge in [0.1, 0.15) is 0 Å². The molecule has 0 fully saturated rings. The number of carbonyl (C=O) groups excluding carboxylic acids is 1. The maximum Gasteiger partial charge on any atom is 0.333 e. The molecular formula is C6H10Br2O2. The zero-order chi connectivity index (χ0) is 8.20. The van der Waals surface area contributed by atoms with Gasteiger partial charge in [0.2, 0.25) is 0 Å². The van der Waals surface area contributed by atoms with Crippen molar-refractivity contribution in [2.75, 3.05) is 6.61 Å². The average Bonchev–Trinajstić information content (AvgIpc) is 1.80. The molecule has 0 radical (unpaired) electrons. The standard InChI is InChI=1S/C6H10Br2O2/c1-3-4-10-5(9)6(2,7)8/h3-4H2,1-2H3. The largest absolute Gasteiger partial charge is 0.464 e. The summed E-state index contributed by atoms with van der Waals surface area (Å²) in [7, 11) is 0. The highest BCUT2D eigenvalue weighted by Crippen LogP contribution is 2.26. The first-order chi connectivity index (χ1) is 4.48. The van der Waals surface area contributed by atoms with Crippen molar-refractivity contribution >= 4 is 37.8 Å². The van der Waals surface area contributed by atoms with Gasteiger partial charge in [0.25, 0.3) is 0 Å². The minimum atomic E-state index is -0.727. The van der Waals surface area contributed by atoms with Crippen LogP contribution in [0.1, 0.15) is 20.3 Å². The molecule has 0 rings (SSSR count). The fourth-order valence-corrected chi connectivity index (χ4v) is 0.550. The first-order valence-electron chi connectivity index (χ1n) is 3.03. The van der Waals surface area contributed by atoms with Crippen LogP contribution < -0.4 is 0 Å². The molecule has 0 saturated heterocycles. The Morgan fingerprint density at radius 3 is 2.40 bits per heavy atom. The van der Waals surface area contributed by atoms with E-state index in [1.54, 1.807) is 6.92 Å². The van der Waals surface area contributed by atoms with Gasteiger partial charge >= 0.3 is 5.97 Å². The van der Waals surface area contributed by atoms with E-state index in [-0.39, 0.29) is 5.97 Å². The third-order valence-corrected chi connectivity index (χ3v) is 1.44. The van der Waals surface area contributed by atoms with Gasteiger partial charge in [0, 0.05) is 0 Å².